The zero-order valence-corrected chi connectivity index (χ0v) is 12.0. The van der Waals surface area contributed by atoms with Crippen molar-refractivity contribution in [2.75, 3.05) is 6.54 Å². The van der Waals surface area contributed by atoms with Gasteiger partial charge in [-0.2, -0.15) is 0 Å². The van der Waals surface area contributed by atoms with Crippen molar-refractivity contribution in [3.05, 3.63) is 35.1 Å². The van der Waals surface area contributed by atoms with Crippen molar-refractivity contribution in [3.8, 4) is 0 Å². The minimum atomic E-state index is -0.440. The Balaban J connectivity index is 0.00000200. The lowest BCUT2D eigenvalue weighted by Gasteiger charge is -2.22. The number of nitrogens with one attached hydrogen (secondary N) is 2. The zero-order chi connectivity index (χ0) is 13.7. The maximum atomic E-state index is 13.4. The van der Waals surface area contributed by atoms with Crippen molar-refractivity contribution >= 4 is 18.3 Å². The largest absolute Gasteiger partial charge is 0.392 e. The van der Waals surface area contributed by atoms with E-state index in [2.05, 4.69) is 10.6 Å². The number of hydrogen-bond donors (Lipinski definition) is 3. The molecule has 4 nitrogen and oxygen atoms in total. The van der Waals surface area contributed by atoms with Gasteiger partial charge in [0.2, 0.25) is 5.91 Å². The molecule has 0 aromatic heterocycles. The summed E-state index contributed by atoms with van der Waals surface area (Å²) in [5, 5.41) is 14.8. The second-order valence-electron chi connectivity index (χ2n) is 4.80. The van der Waals surface area contributed by atoms with Crippen LogP contribution in [0.15, 0.2) is 18.2 Å². The van der Waals surface area contributed by atoms with E-state index in [0.717, 1.165) is 25.8 Å². The summed E-state index contributed by atoms with van der Waals surface area (Å²) >= 11 is 0. The highest BCUT2D eigenvalue weighted by Gasteiger charge is 2.19. The first-order valence-corrected chi connectivity index (χ1v) is 6.60. The SMILES string of the molecule is Cl.O=C(NCc1ccc(CO)c(F)c1)C1CCCCN1. The van der Waals surface area contributed by atoms with Crippen LogP contribution in [0.3, 0.4) is 0 Å². The molecule has 0 aliphatic carbocycles. The van der Waals surface area contributed by atoms with Gasteiger partial charge in [-0.05, 0) is 31.0 Å². The lowest BCUT2D eigenvalue weighted by molar-refractivity contribution is -0.123. The summed E-state index contributed by atoms with van der Waals surface area (Å²) in [5.74, 6) is -0.476. The molecule has 0 bridgehead atoms. The van der Waals surface area contributed by atoms with E-state index < -0.39 is 5.82 Å². The molecule has 1 saturated heterocycles. The van der Waals surface area contributed by atoms with Gasteiger partial charge in [-0.3, -0.25) is 4.79 Å². The molecule has 6 heteroatoms. The molecule has 1 heterocycles. The summed E-state index contributed by atoms with van der Waals surface area (Å²) in [6.07, 6.45) is 3.02. The molecule has 1 aromatic carbocycles. The number of amides is 1. The number of aliphatic hydroxyl groups is 1. The number of benzene rings is 1. The molecule has 1 aromatic rings. The Labute approximate surface area is 124 Å². The lowest BCUT2D eigenvalue weighted by atomic mass is 10.0. The number of carbonyl (C=O) groups is 1. The Morgan fingerprint density at radius 3 is 2.85 bits per heavy atom. The van der Waals surface area contributed by atoms with Crippen molar-refractivity contribution in [3.63, 3.8) is 0 Å². The molecule has 112 valence electrons. The fourth-order valence-corrected chi connectivity index (χ4v) is 2.22. The van der Waals surface area contributed by atoms with Crippen LogP contribution in [0.4, 0.5) is 4.39 Å². The zero-order valence-electron chi connectivity index (χ0n) is 11.2. The minimum Gasteiger partial charge on any atom is -0.392 e. The molecule has 1 atom stereocenters. The predicted molar refractivity (Wildman–Crippen MR) is 77.1 cm³/mol. The third-order valence-electron chi connectivity index (χ3n) is 3.38. The standard InChI is InChI=1S/C14H19FN2O2.ClH/c15-12-7-10(4-5-11(12)9-18)8-17-14(19)13-3-1-2-6-16-13;/h4-5,7,13,16,18H,1-3,6,8-9H2,(H,17,19);1H. The number of hydrogen-bond acceptors (Lipinski definition) is 3. The van der Waals surface area contributed by atoms with Gasteiger partial charge in [0.15, 0.2) is 0 Å². The van der Waals surface area contributed by atoms with Gasteiger partial charge in [-0.15, -0.1) is 12.4 Å². The number of rotatable bonds is 4. The third kappa shape index (κ3) is 4.44. The number of halogens is 2. The first kappa shape index (κ1) is 16.9. The van der Waals surface area contributed by atoms with Crippen LogP contribution >= 0.6 is 12.4 Å². The van der Waals surface area contributed by atoms with Crippen LogP contribution in [0.25, 0.3) is 0 Å². The Hall–Kier alpha value is -1.17. The van der Waals surface area contributed by atoms with Crippen LogP contribution in [0.1, 0.15) is 30.4 Å². The van der Waals surface area contributed by atoms with Crippen molar-refractivity contribution in [2.45, 2.75) is 38.5 Å². The Morgan fingerprint density at radius 2 is 2.25 bits per heavy atom. The molecule has 1 unspecified atom stereocenters. The maximum Gasteiger partial charge on any atom is 0.237 e. The van der Waals surface area contributed by atoms with Crippen molar-refractivity contribution in [1.82, 2.24) is 10.6 Å². The third-order valence-corrected chi connectivity index (χ3v) is 3.38. The van der Waals surface area contributed by atoms with Crippen LogP contribution < -0.4 is 10.6 Å². The summed E-state index contributed by atoms with van der Waals surface area (Å²) in [4.78, 5) is 11.9. The molecule has 0 saturated carbocycles. The first-order chi connectivity index (χ1) is 9.20. The molecular weight excluding hydrogens is 283 g/mol. The molecule has 3 N–H and O–H groups in total. The fourth-order valence-electron chi connectivity index (χ4n) is 2.22. The number of aliphatic hydroxyl groups excluding tert-OH is 1. The number of piperidine rings is 1. The molecule has 20 heavy (non-hydrogen) atoms. The predicted octanol–water partition coefficient (Wildman–Crippen LogP) is 1.50. The first-order valence-electron chi connectivity index (χ1n) is 6.60. The average Bonchev–Trinajstić information content (AvgIpc) is 2.46. The highest BCUT2D eigenvalue weighted by atomic mass is 35.5. The summed E-state index contributed by atoms with van der Waals surface area (Å²) in [6.45, 7) is 0.863. The highest BCUT2D eigenvalue weighted by Crippen LogP contribution is 2.11. The van der Waals surface area contributed by atoms with E-state index >= 15 is 0 Å². The average molecular weight is 303 g/mol. The van der Waals surface area contributed by atoms with Crippen molar-refractivity contribution < 1.29 is 14.3 Å². The monoisotopic (exact) mass is 302 g/mol. The Morgan fingerprint density at radius 1 is 1.45 bits per heavy atom. The van der Waals surface area contributed by atoms with Gasteiger partial charge in [0, 0.05) is 12.1 Å². The molecule has 1 aliphatic heterocycles. The summed E-state index contributed by atoms with van der Waals surface area (Å²) < 4.78 is 13.4. The fraction of sp³-hybridized carbons (Fsp3) is 0.500. The van der Waals surface area contributed by atoms with E-state index in [0.29, 0.717) is 12.1 Å². The molecule has 1 amide bonds. The van der Waals surface area contributed by atoms with Gasteiger partial charge in [0.05, 0.1) is 12.6 Å². The molecule has 2 rings (SSSR count). The minimum absolute atomic E-state index is 0. The Bertz CT molecular complexity index is 451. The van der Waals surface area contributed by atoms with Crippen molar-refractivity contribution in [1.29, 1.82) is 0 Å². The van der Waals surface area contributed by atoms with Gasteiger partial charge in [0.25, 0.3) is 0 Å². The molecule has 1 fully saturated rings. The van der Waals surface area contributed by atoms with Crippen LogP contribution in [0.2, 0.25) is 0 Å². The summed E-state index contributed by atoms with van der Waals surface area (Å²) in [6, 6.07) is 4.47. The molecule has 0 radical (unpaired) electrons. The number of carbonyl (C=O) groups excluding carboxylic acids is 1. The normalized spacial score (nSPS) is 18.2. The highest BCUT2D eigenvalue weighted by molar-refractivity contribution is 5.85. The van der Waals surface area contributed by atoms with E-state index in [9.17, 15) is 9.18 Å². The van der Waals surface area contributed by atoms with Crippen LogP contribution in [0.5, 0.6) is 0 Å². The summed E-state index contributed by atoms with van der Waals surface area (Å²) in [5.41, 5.74) is 0.961. The smallest absolute Gasteiger partial charge is 0.237 e. The van der Waals surface area contributed by atoms with Gasteiger partial charge in [-0.25, -0.2) is 4.39 Å². The van der Waals surface area contributed by atoms with Crippen LogP contribution in [0, 0.1) is 5.82 Å². The van der Waals surface area contributed by atoms with Crippen LogP contribution in [-0.2, 0) is 17.9 Å². The van der Waals surface area contributed by atoms with E-state index in [4.69, 9.17) is 5.11 Å². The van der Waals surface area contributed by atoms with Gasteiger partial charge < -0.3 is 15.7 Å². The van der Waals surface area contributed by atoms with E-state index in [1.165, 1.54) is 12.1 Å². The Kier molecular flexibility index (Phi) is 6.91. The summed E-state index contributed by atoms with van der Waals surface area (Å²) in [7, 11) is 0. The lowest BCUT2D eigenvalue weighted by Crippen LogP contribution is -2.46. The van der Waals surface area contributed by atoms with Gasteiger partial charge >= 0.3 is 0 Å². The molecular formula is C14H20ClFN2O2. The van der Waals surface area contributed by atoms with Crippen LogP contribution in [-0.4, -0.2) is 23.6 Å². The van der Waals surface area contributed by atoms with E-state index in [1.54, 1.807) is 6.07 Å². The quantitative estimate of drug-likeness (QED) is 0.790. The molecule has 0 spiro atoms. The van der Waals surface area contributed by atoms with E-state index in [-0.39, 0.29) is 36.5 Å². The second kappa shape index (κ2) is 8.19. The topological polar surface area (TPSA) is 61.4 Å². The van der Waals surface area contributed by atoms with E-state index in [1.807, 2.05) is 0 Å². The van der Waals surface area contributed by atoms with Gasteiger partial charge in [0.1, 0.15) is 5.82 Å². The van der Waals surface area contributed by atoms with Gasteiger partial charge in [-0.1, -0.05) is 18.6 Å². The molecule has 1 aliphatic rings. The van der Waals surface area contributed by atoms with Crippen molar-refractivity contribution in [2.24, 2.45) is 0 Å². The maximum absolute atomic E-state index is 13.4. The second-order valence-corrected chi connectivity index (χ2v) is 4.80.